The number of carbonyl (C=O) groups excluding carboxylic acids is 1. The third kappa shape index (κ3) is 3.67. The summed E-state index contributed by atoms with van der Waals surface area (Å²) < 4.78 is 10.8. The van der Waals surface area contributed by atoms with Crippen molar-refractivity contribution in [1.29, 1.82) is 0 Å². The smallest absolute Gasteiger partial charge is 0.252 e. The average molecular weight is 313 g/mol. The number of hydrogen-bond acceptors (Lipinski definition) is 4. The van der Waals surface area contributed by atoms with Crippen molar-refractivity contribution >= 4 is 17.5 Å². The predicted octanol–water partition coefficient (Wildman–Crippen LogP) is 1.73. The molecular formula is C15H21ClN2O3. The molecule has 0 saturated carbocycles. The van der Waals surface area contributed by atoms with Gasteiger partial charge in [-0.2, -0.15) is 0 Å². The van der Waals surface area contributed by atoms with Crippen LogP contribution in [-0.2, 0) is 16.1 Å². The molecule has 0 spiro atoms. The molecule has 0 bridgehead atoms. The fraction of sp³-hybridized carbons (Fsp3) is 0.533. The van der Waals surface area contributed by atoms with Gasteiger partial charge in [0.1, 0.15) is 11.4 Å². The molecule has 0 atom stereocenters. The molecule has 1 aliphatic heterocycles. The van der Waals surface area contributed by atoms with E-state index in [9.17, 15) is 4.79 Å². The van der Waals surface area contributed by atoms with Crippen LogP contribution in [0.15, 0.2) is 18.2 Å². The van der Waals surface area contributed by atoms with E-state index in [1.165, 1.54) is 0 Å². The van der Waals surface area contributed by atoms with E-state index in [1.807, 2.05) is 6.07 Å². The summed E-state index contributed by atoms with van der Waals surface area (Å²) in [6.07, 6.45) is 1.35. The lowest BCUT2D eigenvalue weighted by Crippen LogP contribution is -2.53. The summed E-state index contributed by atoms with van der Waals surface area (Å²) in [6.45, 7) is 1.95. The fourth-order valence-corrected chi connectivity index (χ4v) is 2.72. The minimum absolute atomic E-state index is 0.0801. The molecule has 0 aliphatic carbocycles. The average Bonchev–Trinajstić information content (AvgIpc) is 2.53. The van der Waals surface area contributed by atoms with Gasteiger partial charge in [-0.1, -0.05) is 17.7 Å². The highest BCUT2D eigenvalue weighted by Crippen LogP contribution is 2.25. The molecule has 1 aromatic carbocycles. The number of hydrogen-bond donors (Lipinski definition) is 2. The minimum Gasteiger partial charge on any atom is -0.496 e. The second kappa shape index (κ2) is 7.11. The maximum Gasteiger partial charge on any atom is 0.252 e. The summed E-state index contributed by atoms with van der Waals surface area (Å²) in [6, 6.07) is 5.37. The monoisotopic (exact) mass is 312 g/mol. The van der Waals surface area contributed by atoms with Crippen molar-refractivity contribution < 1.29 is 14.3 Å². The summed E-state index contributed by atoms with van der Waals surface area (Å²) in [5.41, 5.74) is 0.153. The number of halogens is 1. The molecule has 1 aromatic rings. The standard InChI is InChI=1S/C15H21ClN2O3/c1-20-13-9-12(16)4-3-11(13)10-18-14(19)15(21-2)5-7-17-8-6-15/h3-4,9,17H,5-8,10H2,1-2H3,(H,18,19). The highest BCUT2D eigenvalue weighted by Gasteiger charge is 2.39. The highest BCUT2D eigenvalue weighted by molar-refractivity contribution is 6.30. The van der Waals surface area contributed by atoms with Crippen molar-refractivity contribution in [3.8, 4) is 5.75 Å². The number of rotatable bonds is 5. The number of methoxy groups -OCH3 is 2. The van der Waals surface area contributed by atoms with Crippen molar-refractivity contribution in [3.05, 3.63) is 28.8 Å². The Labute approximate surface area is 130 Å². The van der Waals surface area contributed by atoms with E-state index in [0.29, 0.717) is 30.2 Å². The molecule has 0 aromatic heterocycles. The molecule has 0 unspecified atom stereocenters. The van der Waals surface area contributed by atoms with Crippen LogP contribution in [-0.4, -0.2) is 38.8 Å². The first kappa shape index (κ1) is 16.1. The molecule has 6 heteroatoms. The summed E-state index contributed by atoms with van der Waals surface area (Å²) >= 11 is 5.93. The van der Waals surface area contributed by atoms with Crippen LogP contribution in [0.1, 0.15) is 18.4 Å². The van der Waals surface area contributed by atoms with Gasteiger partial charge in [0.2, 0.25) is 0 Å². The van der Waals surface area contributed by atoms with Gasteiger partial charge in [0, 0.05) is 24.2 Å². The van der Waals surface area contributed by atoms with Gasteiger partial charge in [-0.05, 0) is 38.1 Å². The van der Waals surface area contributed by atoms with E-state index < -0.39 is 5.60 Å². The Morgan fingerprint density at radius 2 is 2.10 bits per heavy atom. The molecule has 2 rings (SSSR count). The summed E-state index contributed by atoms with van der Waals surface area (Å²) in [5.74, 6) is 0.586. The van der Waals surface area contributed by atoms with Crippen molar-refractivity contribution in [2.75, 3.05) is 27.3 Å². The fourth-order valence-electron chi connectivity index (χ4n) is 2.56. The van der Waals surface area contributed by atoms with Crippen molar-refractivity contribution in [1.82, 2.24) is 10.6 Å². The predicted molar refractivity (Wildman–Crippen MR) is 81.7 cm³/mol. The first-order valence-electron chi connectivity index (χ1n) is 6.98. The van der Waals surface area contributed by atoms with E-state index in [0.717, 1.165) is 18.7 Å². The van der Waals surface area contributed by atoms with Gasteiger partial charge in [-0.25, -0.2) is 0 Å². The molecule has 1 amide bonds. The molecule has 1 aliphatic rings. The third-order valence-corrected chi connectivity index (χ3v) is 4.14. The highest BCUT2D eigenvalue weighted by atomic mass is 35.5. The quantitative estimate of drug-likeness (QED) is 0.869. The van der Waals surface area contributed by atoms with Gasteiger partial charge in [0.05, 0.1) is 7.11 Å². The largest absolute Gasteiger partial charge is 0.496 e. The number of amides is 1. The summed E-state index contributed by atoms with van der Waals surface area (Å²) in [5, 5.41) is 6.78. The van der Waals surface area contributed by atoms with E-state index >= 15 is 0 Å². The number of ether oxygens (including phenoxy) is 2. The first-order chi connectivity index (χ1) is 10.1. The molecular weight excluding hydrogens is 292 g/mol. The van der Waals surface area contributed by atoms with E-state index in [-0.39, 0.29) is 5.91 Å². The number of carbonyl (C=O) groups is 1. The Morgan fingerprint density at radius 1 is 1.38 bits per heavy atom. The van der Waals surface area contributed by atoms with E-state index in [1.54, 1.807) is 26.4 Å². The maximum absolute atomic E-state index is 12.5. The Bertz CT molecular complexity index is 502. The van der Waals surface area contributed by atoms with Crippen LogP contribution in [0.5, 0.6) is 5.75 Å². The van der Waals surface area contributed by atoms with E-state index in [4.69, 9.17) is 21.1 Å². The van der Waals surface area contributed by atoms with Crippen LogP contribution in [0.3, 0.4) is 0 Å². The van der Waals surface area contributed by atoms with Crippen LogP contribution in [0, 0.1) is 0 Å². The molecule has 1 heterocycles. The molecule has 5 nitrogen and oxygen atoms in total. The Hall–Kier alpha value is -1.30. The van der Waals surface area contributed by atoms with Crippen LogP contribution in [0.2, 0.25) is 5.02 Å². The van der Waals surface area contributed by atoms with Gasteiger partial charge in [-0.3, -0.25) is 4.79 Å². The van der Waals surface area contributed by atoms with Crippen molar-refractivity contribution in [3.63, 3.8) is 0 Å². The lowest BCUT2D eigenvalue weighted by molar-refractivity contribution is -0.146. The zero-order valence-electron chi connectivity index (χ0n) is 12.4. The van der Waals surface area contributed by atoms with Crippen LogP contribution < -0.4 is 15.4 Å². The molecule has 116 valence electrons. The van der Waals surface area contributed by atoms with Gasteiger partial charge < -0.3 is 20.1 Å². The molecule has 0 radical (unpaired) electrons. The first-order valence-corrected chi connectivity index (χ1v) is 7.36. The Kier molecular flexibility index (Phi) is 5.45. The second-order valence-electron chi connectivity index (χ2n) is 5.09. The Balaban J connectivity index is 2.03. The summed E-state index contributed by atoms with van der Waals surface area (Å²) in [7, 11) is 3.17. The van der Waals surface area contributed by atoms with Crippen LogP contribution in [0.4, 0.5) is 0 Å². The molecule has 2 N–H and O–H groups in total. The minimum atomic E-state index is -0.731. The van der Waals surface area contributed by atoms with Crippen molar-refractivity contribution in [2.24, 2.45) is 0 Å². The van der Waals surface area contributed by atoms with Crippen LogP contribution in [0.25, 0.3) is 0 Å². The van der Waals surface area contributed by atoms with Crippen LogP contribution >= 0.6 is 11.6 Å². The van der Waals surface area contributed by atoms with Gasteiger partial charge in [-0.15, -0.1) is 0 Å². The van der Waals surface area contributed by atoms with Gasteiger partial charge in [0.15, 0.2) is 0 Å². The van der Waals surface area contributed by atoms with E-state index in [2.05, 4.69) is 10.6 Å². The normalized spacial score (nSPS) is 17.3. The van der Waals surface area contributed by atoms with Gasteiger partial charge >= 0.3 is 0 Å². The number of benzene rings is 1. The molecule has 1 saturated heterocycles. The molecule has 1 fully saturated rings. The zero-order valence-corrected chi connectivity index (χ0v) is 13.1. The van der Waals surface area contributed by atoms with Gasteiger partial charge in [0.25, 0.3) is 5.91 Å². The Morgan fingerprint density at radius 3 is 2.71 bits per heavy atom. The zero-order chi connectivity index (χ0) is 15.3. The lowest BCUT2D eigenvalue weighted by Gasteiger charge is -2.34. The molecule has 21 heavy (non-hydrogen) atoms. The maximum atomic E-state index is 12.5. The second-order valence-corrected chi connectivity index (χ2v) is 5.52. The van der Waals surface area contributed by atoms with Crippen molar-refractivity contribution in [2.45, 2.75) is 25.0 Å². The number of nitrogens with one attached hydrogen (secondary N) is 2. The third-order valence-electron chi connectivity index (χ3n) is 3.90. The topological polar surface area (TPSA) is 59.6 Å². The lowest BCUT2D eigenvalue weighted by atomic mass is 9.91. The SMILES string of the molecule is COc1cc(Cl)ccc1CNC(=O)C1(OC)CCNCC1. The number of piperidine rings is 1. The summed E-state index contributed by atoms with van der Waals surface area (Å²) in [4.78, 5) is 12.5.